The molecule has 0 N–H and O–H groups in total. The maximum atomic E-state index is 12.9. The highest BCUT2D eigenvalue weighted by Crippen LogP contribution is 2.27. The van der Waals surface area contributed by atoms with Crippen LogP contribution in [0.4, 0.5) is 0 Å². The van der Waals surface area contributed by atoms with E-state index in [1.54, 1.807) is 11.8 Å². The van der Waals surface area contributed by atoms with Gasteiger partial charge in [-0.2, -0.15) is 5.10 Å². The van der Waals surface area contributed by atoms with Crippen LogP contribution in [0.2, 0.25) is 5.02 Å². The van der Waals surface area contributed by atoms with Gasteiger partial charge in [-0.3, -0.25) is 9.48 Å². The van der Waals surface area contributed by atoms with Crippen LogP contribution in [0.5, 0.6) is 0 Å². The van der Waals surface area contributed by atoms with Crippen LogP contribution in [0.3, 0.4) is 0 Å². The summed E-state index contributed by atoms with van der Waals surface area (Å²) in [5, 5.41) is 4.56. The number of halogens is 1. The van der Waals surface area contributed by atoms with Gasteiger partial charge < -0.3 is 4.74 Å². The maximum absolute atomic E-state index is 12.9. The van der Waals surface area contributed by atoms with Gasteiger partial charge in [0.2, 0.25) is 0 Å². The van der Waals surface area contributed by atoms with Crippen molar-refractivity contribution in [3.05, 3.63) is 52.8 Å². The molecular formula is C16H19ClN2O2. The number of ether oxygens (including phenoxy) is 1. The summed E-state index contributed by atoms with van der Waals surface area (Å²) in [7, 11) is 1.62. The van der Waals surface area contributed by atoms with Crippen molar-refractivity contribution in [1.29, 1.82) is 0 Å². The van der Waals surface area contributed by atoms with E-state index in [4.69, 9.17) is 16.3 Å². The minimum Gasteiger partial charge on any atom is -0.383 e. The molecule has 0 saturated carbocycles. The number of carbonyl (C=O) groups is 1. The summed E-state index contributed by atoms with van der Waals surface area (Å²) in [5.41, 5.74) is 1.46. The molecule has 2 rings (SSSR count). The third kappa shape index (κ3) is 3.52. The molecule has 0 radical (unpaired) electrons. The molecule has 1 heterocycles. The van der Waals surface area contributed by atoms with Crippen molar-refractivity contribution in [1.82, 2.24) is 9.78 Å². The summed E-state index contributed by atoms with van der Waals surface area (Å²) < 4.78 is 6.67. The molecule has 1 aromatic heterocycles. The van der Waals surface area contributed by atoms with Crippen molar-refractivity contribution in [3.63, 3.8) is 0 Å². The predicted molar refractivity (Wildman–Crippen MR) is 82.9 cm³/mol. The van der Waals surface area contributed by atoms with Crippen LogP contribution in [-0.2, 0) is 11.3 Å². The second kappa shape index (κ2) is 7.38. The number of nitrogens with zero attached hydrogens (tertiary/aromatic N) is 2. The van der Waals surface area contributed by atoms with Gasteiger partial charge in [0.25, 0.3) is 0 Å². The highest BCUT2D eigenvalue weighted by atomic mass is 35.5. The highest BCUT2D eigenvalue weighted by Gasteiger charge is 2.26. The number of ketones is 1. The first-order chi connectivity index (χ1) is 10.2. The first kappa shape index (κ1) is 15.7. The average Bonchev–Trinajstić information content (AvgIpc) is 2.87. The molecule has 0 bridgehead atoms. The van der Waals surface area contributed by atoms with Gasteiger partial charge in [0.1, 0.15) is 5.69 Å². The number of Topliss-reactive ketones (excluding diaryl/α,β-unsaturated/α-hetero) is 1. The van der Waals surface area contributed by atoms with Crippen LogP contribution in [-0.4, -0.2) is 29.3 Å². The van der Waals surface area contributed by atoms with Crippen LogP contribution < -0.4 is 0 Å². The van der Waals surface area contributed by atoms with Gasteiger partial charge in [-0.15, -0.1) is 0 Å². The van der Waals surface area contributed by atoms with Crippen molar-refractivity contribution in [2.24, 2.45) is 0 Å². The summed E-state index contributed by atoms with van der Waals surface area (Å²) in [4.78, 5) is 12.9. The fourth-order valence-electron chi connectivity index (χ4n) is 2.38. The first-order valence-corrected chi connectivity index (χ1v) is 7.36. The fraction of sp³-hybridized carbons (Fsp3) is 0.375. The van der Waals surface area contributed by atoms with E-state index in [2.05, 4.69) is 5.10 Å². The molecule has 0 aliphatic rings. The summed E-state index contributed by atoms with van der Waals surface area (Å²) in [6, 6.07) is 9.76. The molecule has 0 aliphatic carbocycles. The van der Waals surface area contributed by atoms with E-state index in [1.165, 1.54) is 6.20 Å². The Bertz CT molecular complexity index is 596. The highest BCUT2D eigenvalue weighted by molar-refractivity contribution is 6.33. The van der Waals surface area contributed by atoms with Crippen LogP contribution >= 0.6 is 11.6 Å². The summed E-state index contributed by atoms with van der Waals surface area (Å²) in [6.45, 7) is 3.00. The van der Waals surface area contributed by atoms with Crippen molar-refractivity contribution in [2.45, 2.75) is 25.8 Å². The molecule has 5 heteroatoms. The lowest BCUT2D eigenvalue weighted by molar-refractivity contribution is 0.0943. The number of rotatable bonds is 7. The van der Waals surface area contributed by atoms with Crippen LogP contribution in [0.1, 0.15) is 35.3 Å². The fourth-order valence-corrected chi connectivity index (χ4v) is 2.61. The van der Waals surface area contributed by atoms with Crippen LogP contribution in [0.25, 0.3) is 0 Å². The Morgan fingerprint density at radius 3 is 2.71 bits per heavy atom. The Labute approximate surface area is 129 Å². The lowest BCUT2D eigenvalue weighted by atomic mass is 9.90. The standard InChI is InChI=1S/C16H19ClN2O2/c1-3-13(12-7-5-4-6-8-12)16(20)15-14(17)11-18-19(15)9-10-21-2/h4-8,11,13H,3,9-10H2,1-2H3. The van der Waals surface area contributed by atoms with E-state index in [0.29, 0.717) is 30.3 Å². The molecule has 1 atom stereocenters. The molecule has 0 spiro atoms. The summed E-state index contributed by atoms with van der Waals surface area (Å²) in [6.07, 6.45) is 2.23. The van der Waals surface area contributed by atoms with E-state index < -0.39 is 0 Å². The molecule has 0 aliphatic heterocycles. The molecule has 21 heavy (non-hydrogen) atoms. The molecule has 112 valence electrons. The van der Waals surface area contributed by atoms with E-state index >= 15 is 0 Å². The molecule has 1 unspecified atom stereocenters. The van der Waals surface area contributed by atoms with Crippen molar-refractivity contribution in [2.75, 3.05) is 13.7 Å². The first-order valence-electron chi connectivity index (χ1n) is 6.98. The van der Waals surface area contributed by atoms with E-state index in [1.807, 2.05) is 37.3 Å². The zero-order valence-corrected chi connectivity index (χ0v) is 13.0. The third-order valence-electron chi connectivity index (χ3n) is 3.46. The number of carbonyl (C=O) groups excluding carboxylic acids is 1. The van der Waals surface area contributed by atoms with Gasteiger partial charge in [0.05, 0.1) is 24.4 Å². The Hall–Kier alpha value is -1.65. The summed E-state index contributed by atoms with van der Waals surface area (Å²) >= 11 is 6.16. The van der Waals surface area contributed by atoms with Gasteiger partial charge in [0.15, 0.2) is 5.78 Å². The molecule has 0 saturated heterocycles. The van der Waals surface area contributed by atoms with E-state index in [9.17, 15) is 4.79 Å². The van der Waals surface area contributed by atoms with E-state index in [-0.39, 0.29) is 11.7 Å². The lowest BCUT2D eigenvalue weighted by Gasteiger charge is -2.15. The smallest absolute Gasteiger partial charge is 0.189 e. The van der Waals surface area contributed by atoms with Crippen molar-refractivity contribution < 1.29 is 9.53 Å². The van der Waals surface area contributed by atoms with Gasteiger partial charge in [-0.1, -0.05) is 48.9 Å². The van der Waals surface area contributed by atoms with E-state index in [0.717, 1.165) is 5.56 Å². The molecule has 0 amide bonds. The van der Waals surface area contributed by atoms with Gasteiger partial charge in [-0.25, -0.2) is 0 Å². The SMILES string of the molecule is CCC(C(=O)c1c(Cl)cnn1CCOC)c1ccccc1. The minimum absolute atomic E-state index is 0.00213. The van der Waals surface area contributed by atoms with Gasteiger partial charge in [-0.05, 0) is 12.0 Å². The average molecular weight is 307 g/mol. The molecule has 0 fully saturated rings. The molecule has 4 nitrogen and oxygen atoms in total. The topological polar surface area (TPSA) is 44.1 Å². The number of aromatic nitrogens is 2. The number of hydrogen-bond donors (Lipinski definition) is 0. The molecule has 2 aromatic rings. The monoisotopic (exact) mass is 306 g/mol. The quantitative estimate of drug-likeness (QED) is 0.735. The number of benzene rings is 1. The maximum Gasteiger partial charge on any atom is 0.189 e. The van der Waals surface area contributed by atoms with Gasteiger partial charge >= 0.3 is 0 Å². The lowest BCUT2D eigenvalue weighted by Crippen LogP contribution is -2.19. The third-order valence-corrected chi connectivity index (χ3v) is 3.74. The Balaban J connectivity index is 2.32. The molecule has 1 aromatic carbocycles. The number of hydrogen-bond acceptors (Lipinski definition) is 3. The zero-order chi connectivity index (χ0) is 15.2. The largest absolute Gasteiger partial charge is 0.383 e. The Kier molecular flexibility index (Phi) is 5.53. The van der Waals surface area contributed by atoms with Crippen molar-refractivity contribution in [3.8, 4) is 0 Å². The second-order valence-electron chi connectivity index (χ2n) is 4.79. The normalized spacial score (nSPS) is 12.3. The summed E-state index contributed by atoms with van der Waals surface area (Å²) in [5.74, 6) is -0.205. The Morgan fingerprint density at radius 1 is 1.38 bits per heavy atom. The van der Waals surface area contributed by atoms with Crippen LogP contribution in [0.15, 0.2) is 36.5 Å². The minimum atomic E-state index is -0.207. The van der Waals surface area contributed by atoms with Gasteiger partial charge in [0, 0.05) is 13.0 Å². The Morgan fingerprint density at radius 2 is 2.10 bits per heavy atom. The second-order valence-corrected chi connectivity index (χ2v) is 5.20. The van der Waals surface area contributed by atoms with Crippen LogP contribution in [0, 0.1) is 0 Å². The number of methoxy groups -OCH3 is 1. The molecular weight excluding hydrogens is 288 g/mol. The predicted octanol–water partition coefficient (Wildman–Crippen LogP) is 3.56. The zero-order valence-electron chi connectivity index (χ0n) is 12.3. The van der Waals surface area contributed by atoms with Crippen molar-refractivity contribution >= 4 is 17.4 Å².